The molecule has 0 amide bonds. The zero-order valence-corrected chi connectivity index (χ0v) is 25.4. The van der Waals surface area contributed by atoms with Crippen molar-refractivity contribution in [3.63, 3.8) is 0 Å². The summed E-state index contributed by atoms with van der Waals surface area (Å²) in [5.74, 6) is 2.02. The van der Waals surface area contributed by atoms with Crippen molar-refractivity contribution in [2.24, 2.45) is 0 Å². The Labute approximate surface area is 227 Å². The van der Waals surface area contributed by atoms with Gasteiger partial charge in [-0.2, -0.15) is 0 Å². The number of hydrogen-bond donors (Lipinski definition) is 0. The zero-order chi connectivity index (χ0) is 26.1. The first-order valence-corrected chi connectivity index (χ1v) is 16.7. The lowest BCUT2D eigenvalue weighted by atomic mass is 9.93. The van der Waals surface area contributed by atoms with Crippen molar-refractivity contribution in [1.29, 1.82) is 0 Å². The van der Waals surface area contributed by atoms with Gasteiger partial charge in [0.1, 0.15) is 5.82 Å². The molecule has 1 aromatic heterocycles. The zero-order valence-electron chi connectivity index (χ0n) is 25.4. The molecule has 0 aliphatic rings. The van der Waals surface area contributed by atoms with Crippen molar-refractivity contribution in [3.8, 4) is 0 Å². The minimum absolute atomic E-state index is 0.518. The van der Waals surface area contributed by atoms with Gasteiger partial charge in [0.25, 0.3) is 0 Å². The van der Waals surface area contributed by atoms with Gasteiger partial charge in [0, 0.05) is 24.4 Å². The highest BCUT2D eigenvalue weighted by molar-refractivity contribution is 5.02. The molecule has 1 unspecified atom stereocenters. The maximum atomic E-state index is 4.83. The number of nitrogens with zero attached hydrogens (tertiary/aromatic N) is 2. The summed E-state index contributed by atoms with van der Waals surface area (Å²) in [6.45, 7) is 9.20. The van der Waals surface area contributed by atoms with Crippen LogP contribution in [0.2, 0.25) is 0 Å². The van der Waals surface area contributed by atoms with Gasteiger partial charge >= 0.3 is 0 Å². The third-order valence-corrected chi connectivity index (χ3v) is 8.18. The lowest BCUT2D eigenvalue weighted by molar-refractivity contribution is 0.442. The van der Waals surface area contributed by atoms with Crippen LogP contribution in [0, 0.1) is 0 Å². The lowest BCUT2D eigenvalue weighted by Crippen LogP contribution is -2.11. The van der Waals surface area contributed by atoms with E-state index in [1.54, 1.807) is 0 Å². The molecule has 1 rings (SSSR count). The molecule has 0 aliphatic carbocycles. The van der Waals surface area contributed by atoms with E-state index in [1.165, 1.54) is 166 Å². The molecule has 0 spiro atoms. The van der Waals surface area contributed by atoms with Crippen LogP contribution < -0.4 is 0 Å². The molecular weight excluding hydrogens is 436 g/mol. The molecule has 1 heterocycles. The van der Waals surface area contributed by atoms with Crippen LogP contribution in [0.3, 0.4) is 0 Å². The van der Waals surface area contributed by atoms with Gasteiger partial charge in [0.15, 0.2) is 0 Å². The summed E-state index contributed by atoms with van der Waals surface area (Å²) in [4.78, 5) is 4.83. The second-order valence-corrected chi connectivity index (χ2v) is 12.0. The quantitative estimate of drug-likeness (QED) is 0.109. The molecule has 0 aliphatic heterocycles. The van der Waals surface area contributed by atoms with Gasteiger partial charge in [-0.05, 0) is 26.7 Å². The summed E-state index contributed by atoms with van der Waals surface area (Å²) in [5.41, 5.74) is 0. The average molecular weight is 503 g/mol. The largest absolute Gasteiger partial charge is 0.332 e. The number of hydrogen-bond acceptors (Lipinski definition) is 1. The number of rotatable bonds is 27. The fraction of sp³-hybridized carbons (Fsp3) is 0.912. The lowest BCUT2D eigenvalue weighted by Gasteiger charge is -2.20. The highest BCUT2D eigenvalue weighted by atomic mass is 15.1. The van der Waals surface area contributed by atoms with E-state index in [-0.39, 0.29) is 0 Å². The van der Waals surface area contributed by atoms with Crippen LogP contribution in [-0.2, 0) is 0 Å². The van der Waals surface area contributed by atoms with Crippen LogP contribution in [-0.4, -0.2) is 9.55 Å². The van der Waals surface area contributed by atoms with E-state index >= 15 is 0 Å². The Kier molecular flexibility index (Phi) is 22.7. The summed E-state index contributed by atoms with van der Waals surface area (Å²) in [7, 11) is 0. The molecule has 36 heavy (non-hydrogen) atoms. The maximum absolute atomic E-state index is 4.83. The van der Waals surface area contributed by atoms with Crippen LogP contribution in [0.5, 0.6) is 0 Å². The van der Waals surface area contributed by atoms with E-state index in [0.29, 0.717) is 12.0 Å². The highest BCUT2D eigenvalue weighted by Gasteiger charge is 2.18. The summed E-state index contributed by atoms with van der Waals surface area (Å²) < 4.78 is 2.43. The van der Waals surface area contributed by atoms with Crippen LogP contribution in [0.1, 0.15) is 206 Å². The van der Waals surface area contributed by atoms with Gasteiger partial charge < -0.3 is 4.57 Å². The van der Waals surface area contributed by atoms with Gasteiger partial charge in [0.05, 0.1) is 0 Å². The van der Waals surface area contributed by atoms with E-state index in [4.69, 9.17) is 4.98 Å². The van der Waals surface area contributed by atoms with Crippen molar-refractivity contribution in [2.45, 2.75) is 200 Å². The predicted octanol–water partition coefficient (Wildman–Crippen LogP) is 12.3. The number of unbranched alkanes of at least 4 members (excludes halogenated alkanes) is 21. The van der Waals surface area contributed by atoms with Crippen molar-refractivity contribution >= 4 is 0 Å². The van der Waals surface area contributed by atoms with Crippen molar-refractivity contribution in [2.75, 3.05) is 0 Å². The van der Waals surface area contributed by atoms with E-state index in [2.05, 4.69) is 38.5 Å². The van der Waals surface area contributed by atoms with E-state index in [1.807, 2.05) is 6.20 Å². The average Bonchev–Trinajstić information content (AvgIpc) is 3.37. The first-order valence-electron chi connectivity index (χ1n) is 16.7. The molecular formula is C34H66N2. The molecule has 0 saturated heterocycles. The number of imidazole rings is 1. The molecule has 2 heteroatoms. The minimum Gasteiger partial charge on any atom is -0.332 e. The topological polar surface area (TPSA) is 17.8 Å². The Morgan fingerprint density at radius 2 is 0.861 bits per heavy atom. The summed E-state index contributed by atoms with van der Waals surface area (Å²) in [6, 6.07) is 0.518. The summed E-state index contributed by atoms with van der Waals surface area (Å²) in [6.07, 6.45) is 39.8. The highest BCUT2D eigenvalue weighted by Crippen LogP contribution is 2.29. The van der Waals surface area contributed by atoms with Crippen LogP contribution in [0.4, 0.5) is 0 Å². The van der Waals surface area contributed by atoms with Gasteiger partial charge in [-0.3, -0.25) is 0 Å². The Balaban J connectivity index is 2.11. The molecule has 0 fully saturated rings. The fourth-order valence-corrected chi connectivity index (χ4v) is 5.77. The second kappa shape index (κ2) is 24.5. The van der Waals surface area contributed by atoms with Crippen LogP contribution in [0.25, 0.3) is 0 Å². The summed E-state index contributed by atoms with van der Waals surface area (Å²) in [5, 5.41) is 0. The Morgan fingerprint density at radius 3 is 1.19 bits per heavy atom. The van der Waals surface area contributed by atoms with Gasteiger partial charge in [-0.1, -0.05) is 162 Å². The maximum Gasteiger partial charge on any atom is 0.111 e. The minimum atomic E-state index is 0.518. The fourth-order valence-electron chi connectivity index (χ4n) is 5.77. The predicted molar refractivity (Wildman–Crippen MR) is 162 cm³/mol. The standard InChI is InChI=1S/C34H66N2/c1-5-7-9-11-13-14-15-16-17-18-19-20-21-23-25-27-29-33(28-26-24-22-12-10-8-6-2)34-35-30-31-36(34)32(3)4/h30-33H,5-29H2,1-4H3. The second-order valence-electron chi connectivity index (χ2n) is 12.0. The SMILES string of the molecule is CCCCCCCCCCCCCCCCCCC(CCCCCCCCC)c1nccn1C(C)C. The number of aromatic nitrogens is 2. The molecule has 2 nitrogen and oxygen atoms in total. The molecule has 0 bridgehead atoms. The Bertz CT molecular complexity index is 561. The van der Waals surface area contributed by atoms with E-state index in [9.17, 15) is 0 Å². The van der Waals surface area contributed by atoms with Crippen LogP contribution in [0.15, 0.2) is 12.4 Å². The van der Waals surface area contributed by atoms with Crippen LogP contribution >= 0.6 is 0 Å². The Morgan fingerprint density at radius 1 is 0.528 bits per heavy atom. The van der Waals surface area contributed by atoms with E-state index < -0.39 is 0 Å². The van der Waals surface area contributed by atoms with Gasteiger partial charge in [0.2, 0.25) is 0 Å². The molecule has 1 aromatic rings. The third-order valence-electron chi connectivity index (χ3n) is 8.18. The monoisotopic (exact) mass is 503 g/mol. The normalized spacial score (nSPS) is 12.6. The first kappa shape index (κ1) is 33.2. The van der Waals surface area contributed by atoms with Gasteiger partial charge in [-0.25, -0.2) is 4.98 Å². The smallest absolute Gasteiger partial charge is 0.111 e. The molecule has 212 valence electrons. The molecule has 0 aromatic carbocycles. The molecule has 1 atom stereocenters. The first-order chi connectivity index (χ1) is 17.7. The van der Waals surface area contributed by atoms with Crippen molar-refractivity contribution < 1.29 is 0 Å². The molecule has 0 saturated carbocycles. The molecule has 0 radical (unpaired) electrons. The summed E-state index contributed by atoms with van der Waals surface area (Å²) >= 11 is 0. The Hall–Kier alpha value is -0.790. The van der Waals surface area contributed by atoms with Crippen molar-refractivity contribution in [3.05, 3.63) is 18.2 Å². The van der Waals surface area contributed by atoms with E-state index in [0.717, 1.165) is 0 Å². The molecule has 0 N–H and O–H groups in total. The third kappa shape index (κ3) is 17.6. The van der Waals surface area contributed by atoms with Crippen molar-refractivity contribution in [1.82, 2.24) is 9.55 Å². The van der Waals surface area contributed by atoms with Gasteiger partial charge in [-0.15, -0.1) is 0 Å².